The Bertz CT molecular complexity index is 332. The third-order valence-electron chi connectivity index (χ3n) is 1.35. The van der Waals surface area contributed by atoms with Gasteiger partial charge in [0.15, 0.2) is 0 Å². The van der Waals surface area contributed by atoms with Crippen molar-refractivity contribution < 1.29 is 8.78 Å². The van der Waals surface area contributed by atoms with Crippen LogP contribution in [0.4, 0.5) is 8.78 Å². The fourth-order valence-electron chi connectivity index (χ4n) is 0.777. The van der Waals surface area contributed by atoms with Gasteiger partial charge in [0, 0.05) is 11.6 Å². The van der Waals surface area contributed by atoms with Crippen molar-refractivity contribution in [1.29, 1.82) is 5.26 Å². The zero-order chi connectivity index (χ0) is 9.14. The Morgan fingerprint density at radius 3 is 2.58 bits per heavy atom. The third kappa shape index (κ3) is 1.72. The summed E-state index contributed by atoms with van der Waals surface area (Å²) in [4.78, 5) is 0. The maximum atomic E-state index is 12.8. The number of benzene rings is 1. The SMILES string of the molecule is N#C[C@H](Cl)c1ccc(F)cc1F. The van der Waals surface area contributed by atoms with E-state index in [0.29, 0.717) is 6.07 Å². The molecule has 0 unspecified atom stereocenters. The molecule has 1 rings (SSSR count). The van der Waals surface area contributed by atoms with E-state index in [9.17, 15) is 8.78 Å². The van der Waals surface area contributed by atoms with Gasteiger partial charge in [-0.3, -0.25) is 0 Å². The first kappa shape index (κ1) is 8.95. The predicted octanol–water partition coefficient (Wildman–Crippen LogP) is 2.77. The number of rotatable bonds is 1. The van der Waals surface area contributed by atoms with E-state index in [1.165, 1.54) is 0 Å². The molecule has 0 aliphatic carbocycles. The van der Waals surface area contributed by atoms with Crippen LogP contribution in [0.5, 0.6) is 0 Å². The average Bonchev–Trinajstić information content (AvgIpc) is 2.03. The van der Waals surface area contributed by atoms with Crippen LogP contribution >= 0.6 is 11.6 Å². The van der Waals surface area contributed by atoms with Crippen LogP contribution in [0.15, 0.2) is 18.2 Å². The molecule has 0 aromatic heterocycles. The van der Waals surface area contributed by atoms with Crippen molar-refractivity contribution in [1.82, 2.24) is 0 Å². The molecule has 62 valence electrons. The van der Waals surface area contributed by atoms with Gasteiger partial charge in [0.2, 0.25) is 0 Å². The minimum absolute atomic E-state index is 0.000525. The molecule has 0 fully saturated rings. The second-order valence-electron chi connectivity index (χ2n) is 2.16. The standard InChI is InChI=1S/C8H4ClF2N/c9-7(4-12)6-2-1-5(10)3-8(6)11/h1-3,7H/t7-/m0/s1. The minimum Gasteiger partial charge on any atom is -0.207 e. The molecule has 0 aliphatic rings. The Morgan fingerprint density at radius 1 is 1.42 bits per heavy atom. The fraction of sp³-hybridized carbons (Fsp3) is 0.125. The molecule has 1 nitrogen and oxygen atoms in total. The Morgan fingerprint density at radius 2 is 2.08 bits per heavy atom. The van der Waals surface area contributed by atoms with E-state index in [-0.39, 0.29) is 5.56 Å². The van der Waals surface area contributed by atoms with Crippen LogP contribution in [-0.2, 0) is 0 Å². The number of nitriles is 1. The van der Waals surface area contributed by atoms with Gasteiger partial charge < -0.3 is 0 Å². The summed E-state index contributed by atoms with van der Waals surface area (Å²) < 4.78 is 25.2. The summed E-state index contributed by atoms with van der Waals surface area (Å²) in [5.74, 6) is -1.48. The van der Waals surface area contributed by atoms with Gasteiger partial charge in [-0.15, -0.1) is 11.6 Å². The maximum Gasteiger partial charge on any atom is 0.148 e. The molecule has 1 aromatic carbocycles. The monoisotopic (exact) mass is 187 g/mol. The quantitative estimate of drug-likeness (QED) is 0.621. The van der Waals surface area contributed by atoms with Crippen LogP contribution in [-0.4, -0.2) is 0 Å². The maximum absolute atomic E-state index is 12.8. The van der Waals surface area contributed by atoms with Gasteiger partial charge in [-0.05, 0) is 6.07 Å². The lowest BCUT2D eigenvalue weighted by Gasteiger charge is -2.01. The normalized spacial score (nSPS) is 12.2. The molecule has 12 heavy (non-hydrogen) atoms. The predicted molar refractivity (Wildman–Crippen MR) is 40.6 cm³/mol. The topological polar surface area (TPSA) is 23.8 Å². The van der Waals surface area contributed by atoms with E-state index in [0.717, 1.165) is 12.1 Å². The molecule has 1 aromatic rings. The van der Waals surface area contributed by atoms with E-state index < -0.39 is 17.0 Å². The molecule has 0 spiro atoms. The van der Waals surface area contributed by atoms with Gasteiger partial charge in [-0.1, -0.05) is 6.07 Å². The lowest BCUT2D eigenvalue weighted by molar-refractivity contribution is 0.574. The fourth-order valence-corrected chi connectivity index (χ4v) is 0.954. The molecule has 0 radical (unpaired) electrons. The Balaban J connectivity index is 3.11. The molecule has 0 bridgehead atoms. The smallest absolute Gasteiger partial charge is 0.148 e. The number of hydrogen-bond donors (Lipinski definition) is 0. The van der Waals surface area contributed by atoms with Gasteiger partial charge in [-0.25, -0.2) is 8.78 Å². The molecule has 0 saturated carbocycles. The van der Waals surface area contributed by atoms with Crippen molar-refractivity contribution >= 4 is 11.6 Å². The minimum atomic E-state index is -1.06. The first-order chi connectivity index (χ1) is 5.65. The molecule has 4 heteroatoms. The van der Waals surface area contributed by atoms with Crippen LogP contribution in [0, 0.1) is 23.0 Å². The highest BCUT2D eigenvalue weighted by Gasteiger charge is 2.11. The zero-order valence-electron chi connectivity index (χ0n) is 5.89. The summed E-state index contributed by atoms with van der Waals surface area (Å²) in [6.07, 6.45) is 0. The summed E-state index contributed by atoms with van der Waals surface area (Å²) >= 11 is 5.42. The number of alkyl halides is 1. The molecule has 1 atom stereocenters. The van der Waals surface area contributed by atoms with E-state index in [2.05, 4.69) is 0 Å². The summed E-state index contributed by atoms with van der Waals surface area (Å²) in [5, 5.41) is 7.28. The summed E-state index contributed by atoms with van der Waals surface area (Å²) in [6, 6.07) is 4.56. The van der Waals surface area contributed by atoms with Crippen LogP contribution < -0.4 is 0 Å². The van der Waals surface area contributed by atoms with Gasteiger partial charge in [0.05, 0.1) is 6.07 Å². The van der Waals surface area contributed by atoms with E-state index >= 15 is 0 Å². The first-order valence-electron chi connectivity index (χ1n) is 3.14. The zero-order valence-corrected chi connectivity index (χ0v) is 6.65. The first-order valence-corrected chi connectivity index (χ1v) is 3.57. The highest BCUT2D eigenvalue weighted by molar-refractivity contribution is 6.22. The molecule has 0 saturated heterocycles. The highest BCUT2D eigenvalue weighted by Crippen LogP contribution is 2.22. The van der Waals surface area contributed by atoms with Crippen molar-refractivity contribution in [3.8, 4) is 6.07 Å². The Hall–Kier alpha value is -1.14. The van der Waals surface area contributed by atoms with Crippen LogP contribution in [0.1, 0.15) is 10.9 Å². The van der Waals surface area contributed by atoms with Crippen molar-refractivity contribution in [2.45, 2.75) is 5.38 Å². The molecule has 0 aliphatic heterocycles. The van der Waals surface area contributed by atoms with Crippen LogP contribution in [0.25, 0.3) is 0 Å². The number of nitrogens with zero attached hydrogens (tertiary/aromatic N) is 1. The highest BCUT2D eigenvalue weighted by atomic mass is 35.5. The Kier molecular flexibility index (Phi) is 2.61. The summed E-state index contributed by atoms with van der Waals surface area (Å²) in [5.41, 5.74) is 0.000525. The molecular formula is C8H4ClF2N. The summed E-state index contributed by atoms with van der Waals surface area (Å²) in [7, 11) is 0. The summed E-state index contributed by atoms with van der Waals surface area (Å²) in [6.45, 7) is 0. The van der Waals surface area contributed by atoms with Crippen LogP contribution in [0.3, 0.4) is 0 Å². The third-order valence-corrected chi connectivity index (χ3v) is 1.68. The van der Waals surface area contributed by atoms with Crippen molar-refractivity contribution in [2.75, 3.05) is 0 Å². The number of halogens is 3. The van der Waals surface area contributed by atoms with E-state index in [1.807, 2.05) is 0 Å². The van der Waals surface area contributed by atoms with Gasteiger partial charge in [-0.2, -0.15) is 5.26 Å². The lowest BCUT2D eigenvalue weighted by atomic mass is 10.1. The Labute approximate surface area is 73.2 Å². The number of hydrogen-bond acceptors (Lipinski definition) is 1. The van der Waals surface area contributed by atoms with Crippen molar-refractivity contribution in [3.05, 3.63) is 35.4 Å². The lowest BCUT2D eigenvalue weighted by Crippen LogP contribution is -1.92. The second kappa shape index (κ2) is 3.51. The molecule has 0 amide bonds. The van der Waals surface area contributed by atoms with Gasteiger partial charge in [0.25, 0.3) is 0 Å². The largest absolute Gasteiger partial charge is 0.207 e. The van der Waals surface area contributed by atoms with Gasteiger partial charge >= 0.3 is 0 Å². The van der Waals surface area contributed by atoms with E-state index in [4.69, 9.17) is 16.9 Å². The van der Waals surface area contributed by atoms with E-state index in [1.54, 1.807) is 6.07 Å². The molecule has 0 N–H and O–H groups in total. The van der Waals surface area contributed by atoms with Crippen molar-refractivity contribution in [2.24, 2.45) is 0 Å². The second-order valence-corrected chi connectivity index (χ2v) is 2.59. The van der Waals surface area contributed by atoms with Crippen molar-refractivity contribution in [3.63, 3.8) is 0 Å². The van der Waals surface area contributed by atoms with Gasteiger partial charge in [0.1, 0.15) is 17.0 Å². The molecule has 0 heterocycles. The average molecular weight is 188 g/mol. The van der Waals surface area contributed by atoms with Crippen LogP contribution in [0.2, 0.25) is 0 Å². The molecular weight excluding hydrogens is 184 g/mol.